The average Bonchev–Trinajstić information content (AvgIpc) is 3.14. The molecule has 0 aliphatic carbocycles. The van der Waals surface area contributed by atoms with E-state index in [4.69, 9.17) is 14.2 Å². The molecule has 52 heavy (non-hydrogen) atoms. The van der Waals surface area contributed by atoms with Crippen molar-refractivity contribution in [3.05, 3.63) is 0 Å². The van der Waals surface area contributed by atoms with Gasteiger partial charge in [0.2, 0.25) is 0 Å². The molecule has 6 nitrogen and oxygen atoms in total. The van der Waals surface area contributed by atoms with E-state index in [1.165, 1.54) is 148 Å². The lowest BCUT2D eigenvalue weighted by molar-refractivity contribution is -0.167. The van der Waals surface area contributed by atoms with Crippen molar-refractivity contribution < 1.29 is 28.6 Å². The van der Waals surface area contributed by atoms with Crippen LogP contribution in [0.2, 0.25) is 0 Å². The number of carbonyl (C=O) groups excluding carboxylic acids is 3. The van der Waals surface area contributed by atoms with Gasteiger partial charge in [-0.25, -0.2) is 0 Å². The van der Waals surface area contributed by atoms with E-state index >= 15 is 0 Å². The van der Waals surface area contributed by atoms with Gasteiger partial charge in [-0.15, -0.1) is 0 Å². The Kier molecular flexibility index (Phi) is 39.4. The Morgan fingerprint density at radius 2 is 0.673 bits per heavy atom. The van der Waals surface area contributed by atoms with Crippen molar-refractivity contribution in [2.24, 2.45) is 5.92 Å². The number of ether oxygens (including phenoxy) is 3. The van der Waals surface area contributed by atoms with Crippen LogP contribution in [-0.2, 0) is 28.6 Å². The molecule has 0 spiro atoms. The Morgan fingerprint density at radius 1 is 0.385 bits per heavy atom. The Labute approximate surface area is 323 Å². The van der Waals surface area contributed by atoms with Crippen molar-refractivity contribution in [2.45, 2.75) is 259 Å². The molecule has 0 aromatic rings. The van der Waals surface area contributed by atoms with Crippen LogP contribution >= 0.6 is 0 Å². The summed E-state index contributed by atoms with van der Waals surface area (Å²) in [6, 6.07) is 0. The third-order valence-electron chi connectivity index (χ3n) is 10.7. The molecule has 0 saturated heterocycles. The Bertz CT molecular complexity index is 783. The van der Waals surface area contributed by atoms with Crippen LogP contribution in [0.25, 0.3) is 0 Å². The summed E-state index contributed by atoms with van der Waals surface area (Å²) in [5.41, 5.74) is 0. The molecule has 0 aliphatic heterocycles. The number of unbranched alkanes of at least 4 members (excludes halogenated alkanes) is 27. The SMILES string of the molecule is CCCCCCCCCCCCCCCC(=O)OC[C@H](COC(=O)CCCCCCCCCCCCC)OC(=O)CCCCCCCCC(C)CC. The van der Waals surface area contributed by atoms with Crippen molar-refractivity contribution in [1.82, 2.24) is 0 Å². The van der Waals surface area contributed by atoms with Gasteiger partial charge in [-0.05, 0) is 25.2 Å². The van der Waals surface area contributed by atoms with Crippen LogP contribution < -0.4 is 0 Å². The van der Waals surface area contributed by atoms with Crippen LogP contribution in [0.4, 0.5) is 0 Å². The van der Waals surface area contributed by atoms with Crippen LogP contribution in [-0.4, -0.2) is 37.2 Å². The lowest BCUT2D eigenvalue weighted by Gasteiger charge is -2.18. The highest BCUT2D eigenvalue weighted by Gasteiger charge is 2.19. The quantitative estimate of drug-likeness (QED) is 0.0353. The van der Waals surface area contributed by atoms with Crippen molar-refractivity contribution in [3.8, 4) is 0 Å². The molecule has 0 aromatic heterocycles. The summed E-state index contributed by atoms with van der Waals surface area (Å²) in [5, 5.41) is 0. The summed E-state index contributed by atoms with van der Waals surface area (Å²) in [5.74, 6) is -0.0471. The number of rotatable bonds is 41. The van der Waals surface area contributed by atoms with Gasteiger partial charge in [-0.1, -0.05) is 214 Å². The molecule has 0 aromatic carbocycles. The van der Waals surface area contributed by atoms with Crippen LogP contribution in [0.1, 0.15) is 252 Å². The highest BCUT2D eigenvalue weighted by molar-refractivity contribution is 5.71. The predicted octanol–water partition coefficient (Wildman–Crippen LogP) is 14.3. The molecule has 0 fully saturated rings. The lowest BCUT2D eigenvalue weighted by Crippen LogP contribution is -2.30. The van der Waals surface area contributed by atoms with Crippen molar-refractivity contribution in [1.29, 1.82) is 0 Å². The summed E-state index contributed by atoms with van der Waals surface area (Å²) in [6.45, 7) is 8.96. The molecule has 0 rings (SSSR count). The normalized spacial score (nSPS) is 12.5. The zero-order valence-corrected chi connectivity index (χ0v) is 35.3. The van der Waals surface area contributed by atoms with Crippen LogP contribution in [0.15, 0.2) is 0 Å². The van der Waals surface area contributed by atoms with Gasteiger partial charge in [0.05, 0.1) is 0 Å². The molecule has 0 bridgehead atoms. The molecule has 0 radical (unpaired) electrons. The summed E-state index contributed by atoms with van der Waals surface area (Å²) in [4.78, 5) is 37.7. The van der Waals surface area contributed by atoms with Crippen molar-refractivity contribution >= 4 is 17.9 Å². The molecular weight excluding hydrogens is 648 g/mol. The highest BCUT2D eigenvalue weighted by atomic mass is 16.6. The minimum atomic E-state index is -0.759. The van der Waals surface area contributed by atoms with E-state index in [0.29, 0.717) is 19.3 Å². The van der Waals surface area contributed by atoms with Crippen molar-refractivity contribution in [3.63, 3.8) is 0 Å². The van der Waals surface area contributed by atoms with Crippen LogP contribution in [0.3, 0.4) is 0 Å². The van der Waals surface area contributed by atoms with E-state index in [1.807, 2.05) is 0 Å². The topological polar surface area (TPSA) is 78.9 Å². The van der Waals surface area contributed by atoms with Gasteiger partial charge in [-0.3, -0.25) is 14.4 Å². The van der Waals surface area contributed by atoms with Gasteiger partial charge in [0.1, 0.15) is 13.2 Å². The first kappa shape index (κ1) is 50.4. The number of hydrogen-bond donors (Lipinski definition) is 0. The molecule has 0 heterocycles. The smallest absolute Gasteiger partial charge is 0.306 e. The van der Waals surface area contributed by atoms with Gasteiger partial charge >= 0.3 is 17.9 Å². The van der Waals surface area contributed by atoms with Gasteiger partial charge in [-0.2, -0.15) is 0 Å². The maximum absolute atomic E-state index is 12.7. The van der Waals surface area contributed by atoms with E-state index in [-0.39, 0.29) is 31.1 Å². The summed E-state index contributed by atoms with van der Waals surface area (Å²) >= 11 is 0. The monoisotopic (exact) mass is 737 g/mol. The maximum atomic E-state index is 12.7. The van der Waals surface area contributed by atoms with Gasteiger partial charge in [0.25, 0.3) is 0 Å². The fraction of sp³-hybridized carbons (Fsp3) is 0.935. The van der Waals surface area contributed by atoms with Crippen LogP contribution in [0, 0.1) is 5.92 Å². The Balaban J connectivity index is 4.32. The molecule has 1 unspecified atom stereocenters. The van der Waals surface area contributed by atoms with Crippen molar-refractivity contribution in [2.75, 3.05) is 13.2 Å². The van der Waals surface area contributed by atoms with E-state index < -0.39 is 6.10 Å². The first-order valence-electron chi connectivity index (χ1n) is 22.9. The third-order valence-corrected chi connectivity index (χ3v) is 10.7. The second-order valence-corrected chi connectivity index (χ2v) is 15.9. The van der Waals surface area contributed by atoms with E-state index in [2.05, 4.69) is 27.7 Å². The lowest BCUT2D eigenvalue weighted by atomic mass is 10.00. The largest absolute Gasteiger partial charge is 0.462 e. The molecule has 2 atom stereocenters. The number of hydrogen-bond acceptors (Lipinski definition) is 6. The molecule has 0 saturated carbocycles. The molecule has 0 amide bonds. The standard InChI is InChI=1S/C46H88O6/c1-5-8-10-12-14-16-18-19-21-23-25-30-34-38-45(48)51-41-43(52-46(49)39-35-31-27-26-28-32-36-42(4)7-3)40-50-44(47)37-33-29-24-22-20-17-15-13-11-9-6-2/h42-43H,5-41H2,1-4H3/t42?,43-/m0/s1. The third kappa shape index (κ3) is 38.1. The average molecular weight is 737 g/mol. The summed E-state index contributed by atoms with van der Waals surface area (Å²) in [6.07, 6.45) is 39.4. The molecule has 6 heteroatoms. The molecule has 0 N–H and O–H groups in total. The Hall–Kier alpha value is -1.59. The Morgan fingerprint density at radius 3 is 1.00 bits per heavy atom. The zero-order valence-electron chi connectivity index (χ0n) is 35.3. The molecular formula is C46H88O6. The number of esters is 3. The van der Waals surface area contributed by atoms with Crippen LogP contribution in [0.5, 0.6) is 0 Å². The minimum Gasteiger partial charge on any atom is -0.462 e. The summed E-state index contributed by atoms with van der Waals surface area (Å²) in [7, 11) is 0. The second-order valence-electron chi connectivity index (χ2n) is 15.9. The summed E-state index contributed by atoms with van der Waals surface area (Å²) < 4.78 is 16.7. The first-order chi connectivity index (χ1) is 25.4. The fourth-order valence-corrected chi connectivity index (χ4v) is 6.77. The van der Waals surface area contributed by atoms with E-state index in [1.54, 1.807) is 0 Å². The maximum Gasteiger partial charge on any atom is 0.306 e. The van der Waals surface area contributed by atoms with Gasteiger partial charge in [0, 0.05) is 19.3 Å². The van der Waals surface area contributed by atoms with Gasteiger partial charge < -0.3 is 14.2 Å². The fourth-order valence-electron chi connectivity index (χ4n) is 6.77. The first-order valence-corrected chi connectivity index (χ1v) is 22.9. The molecule has 308 valence electrons. The zero-order chi connectivity index (χ0) is 38.2. The highest BCUT2D eigenvalue weighted by Crippen LogP contribution is 2.17. The van der Waals surface area contributed by atoms with E-state index in [9.17, 15) is 14.4 Å². The predicted molar refractivity (Wildman–Crippen MR) is 220 cm³/mol. The van der Waals surface area contributed by atoms with E-state index in [0.717, 1.165) is 63.7 Å². The van der Waals surface area contributed by atoms with Gasteiger partial charge in [0.15, 0.2) is 6.10 Å². The molecule has 0 aliphatic rings. The minimum absolute atomic E-state index is 0.0646. The number of carbonyl (C=O) groups is 3. The second kappa shape index (κ2) is 40.6.